The molecule has 0 amide bonds. The number of aromatic nitrogens is 8. The van der Waals surface area contributed by atoms with Crippen LogP contribution in [0.15, 0.2) is 23.8 Å². The Labute approximate surface area is 252 Å². The molecule has 0 aliphatic carbocycles. The number of H-pyrrole nitrogens is 1. The number of imidazole rings is 2. The predicted molar refractivity (Wildman–Crippen MR) is 149 cm³/mol. The number of nitrogens with zero attached hydrogens (tertiary/aromatic N) is 7. The first kappa shape index (κ1) is 29.8. The second kappa shape index (κ2) is 11.2. The average molecular weight is 649 g/mol. The number of fused-ring (bicyclic) bond motifs is 5. The monoisotopic (exact) mass is 648 g/mol. The maximum absolute atomic E-state index is 15.8. The molecule has 2 bridgehead atoms. The normalized spacial score (nSPS) is 35.8. The Kier molecular flexibility index (Phi) is 7.39. The van der Waals surface area contributed by atoms with Crippen molar-refractivity contribution in [2.24, 2.45) is 5.92 Å². The summed E-state index contributed by atoms with van der Waals surface area (Å²) in [6, 6.07) is 0. The first-order chi connectivity index (χ1) is 21.6. The molecule has 4 aromatic heterocycles. The smallest absolute Gasteiger partial charge is 0.330 e. The van der Waals surface area contributed by atoms with Crippen molar-refractivity contribution in [3.8, 4) is 12.3 Å². The molecule has 0 saturated carbocycles. The number of rotatable bonds is 2. The second-order valence-corrected chi connectivity index (χ2v) is 11.5. The zero-order valence-electron chi connectivity index (χ0n) is 23.0. The largest absolute Gasteiger partial charge is 0.388 e. The van der Waals surface area contributed by atoms with Crippen LogP contribution in [0, 0.1) is 18.3 Å². The number of nitrogen functional groups attached to an aromatic ring is 2. The van der Waals surface area contributed by atoms with E-state index in [0.29, 0.717) is 0 Å². The molecule has 0 spiro atoms. The number of aliphatic hydroxyl groups is 2. The molecule has 8 N–H and O–H groups in total. The van der Waals surface area contributed by atoms with Crippen molar-refractivity contribution in [2.75, 3.05) is 18.1 Å². The van der Waals surface area contributed by atoms with E-state index in [1.807, 2.05) is 0 Å². The van der Waals surface area contributed by atoms with Crippen molar-refractivity contribution >= 4 is 42.7 Å². The van der Waals surface area contributed by atoms with Gasteiger partial charge in [0.2, 0.25) is 5.95 Å². The van der Waals surface area contributed by atoms with Crippen molar-refractivity contribution < 1.29 is 42.8 Å². The number of ether oxygens (including phenoxy) is 3. The number of terminal acetylenes is 1. The number of halogens is 1. The molecule has 21 heteroatoms. The summed E-state index contributed by atoms with van der Waals surface area (Å²) in [7, 11) is -2.87. The van der Waals surface area contributed by atoms with E-state index in [1.54, 1.807) is 0 Å². The summed E-state index contributed by atoms with van der Waals surface area (Å²) < 4.78 is 47.1. The van der Waals surface area contributed by atoms with Gasteiger partial charge in [-0.2, -0.15) is 4.98 Å². The van der Waals surface area contributed by atoms with Crippen LogP contribution in [0.25, 0.3) is 22.3 Å². The molecular weight excluding hydrogens is 622 g/mol. The van der Waals surface area contributed by atoms with Gasteiger partial charge in [0.15, 0.2) is 59.4 Å². The molecule has 45 heavy (non-hydrogen) atoms. The van der Waals surface area contributed by atoms with Gasteiger partial charge in [-0.05, 0) is 12.8 Å². The molecule has 7 rings (SSSR count). The molecule has 19 nitrogen and oxygen atoms in total. The van der Waals surface area contributed by atoms with E-state index < -0.39 is 75.7 Å². The topological polar surface area (TPSA) is 266 Å². The van der Waals surface area contributed by atoms with Gasteiger partial charge in [-0.25, -0.2) is 24.3 Å². The number of hydrogen-bond donors (Lipinski definition) is 6. The summed E-state index contributed by atoms with van der Waals surface area (Å²) in [5.74, 6) is 1.51. The minimum atomic E-state index is -2.87. The standard InChI is InChI=1S/C24H26FN10O9P/c1-2-24-5-40-45(39)44-15-11(25)22(42-21(15)35-8-31-13-18(35)32-23(27)33-19(13)38)41-10(36)4-3-9(24)14(37)20(43-24)34-7-30-12-16(26)28-6-29-17(12)34/h1,6-11,14-15,20-22,36-37,39H,3-5H2,(H2,26,28,29)(H3,27,32,33,38)/t9-,10?,11+,14+,15+,20+,21+,22?,24+,45?/m0/s1. The third-order valence-electron chi connectivity index (χ3n) is 8.01. The maximum atomic E-state index is 15.8. The highest BCUT2D eigenvalue weighted by molar-refractivity contribution is 7.40. The number of hydrogen-bond acceptors (Lipinski definition) is 16. The number of nitrogens with one attached hydrogen (secondary N) is 1. The van der Waals surface area contributed by atoms with Crippen molar-refractivity contribution in [1.82, 2.24) is 39.0 Å². The number of aliphatic hydroxyl groups excluding tert-OH is 2. The Balaban J connectivity index is 1.20. The van der Waals surface area contributed by atoms with Crippen LogP contribution in [0.2, 0.25) is 0 Å². The highest BCUT2D eigenvalue weighted by atomic mass is 31.2. The van der Waals surface area contributed by atoms with Crippen LogP contribution in [0.5, 0.6) is 0 Å². The van der Waals surface area contributed by atoms with Gasteiger partial charge in [0.05, 0.1) is 19.3 Å². The molecule has 3 fully saturated rings. The summed E-state index contributed by atoms with van der Waals surface area (Å²) in [5, 5.41) is 22.3. The van der Waals surface area contributed by atoms with E-state index >= 15 is 4.39 Å². The van der Waals surface area contributed by atoms with Gasteiger partial charge < -0.3 is 49.8 Å². The molecule has 3 aliphatic rings. The second-order valence-electron chi connectivity index (χ2n) is 10.6. The van der Waals surface area contributed by atoms with Crippen molar-refractivity contribution in [3.05, 3.63) is 29.3 Å². The average Bonchev–Trinajstić information content (AvgIpc) is 3.76. The molecule has 3 saturated heterocycles. The lowest BCUT2D eigenvalue weighted by molar-refractivity contribution is -0.243. The molecule has 7 heterocycles. The highest BCUT2D eigenvalue weighted by Gasteiger charge is 2.56. The van der Waals surface area contributed by atoms with Crippen LogP contribution >= 0.6 is 8.60 Å². The van der Waals surface area contributed by atoms with Gasteiger partial charge in [0.1, 0.15) is 24.1 Å². The Hall–Kier alpha value is -3.90. The molecule has 10 atom stereocenters. The van der Waals surface area contributed by atoms with E-state index in [-0.39, 0.29) is 46.9 Å². The van der Waals surface area contributed by atoms with E-state index in [0.717, 1.165) is 6.33 Å². The van der Waals surface area contributed by atoms with E-state index in [9.17, 15) is 19.9 Å². The van der Waals surface area contributed by atoms with Gasteiger partial charge in [-0.3, -0.25) is 18.9 Å². The Bertz CT molecular complexity index is 1850. The van der Waals surface area contributed by atoms with Crippen LogP contribution in [0.4, 0.5) is 16.2 Å². The third-order valence-corrected chi connectivity index (χ3v) is 8.78. The van der Waals surface area contributed by atoms with Gasteiger partial charge in [0.25, 0.3) is 5.56 Å². The van der Waals surface area contributed by atoms with Gasteiger partial charge in [-0.15, -0.1) is 6.42 Å². The van der Waals surface area contributed by atoms with Crippen LogP contribution in [-0.2, 0) is 23.3 Å². The van der Waals surface area contributed by atoms with Crippen molar-refractivity contribution in [3.63, 3.8) is 0 Å². The fraction of sp³-hybridized carbons (Fsp3) is 0.500. The van der Waals surface area contributed by atoms with Gasteiger partial charge in [0, 0.05) is 5.92 Å². The summed E-state index contributed by atoms with van der Waals surface area (Å²) in [6.07, 6.45) is -1.28. The van der Waals surface area contributed by atoms with Gasteiger partial charge in [-0.1, -0.05) is 5.92 Å². The summed E-state index contributed by atoms with van der Waals surface area (Å²) in [6.45, 7) is -0.509. The number of alkyl halides is 1. The van der Waals surface area contributed by atoms with E-state index in [2.05, 4.69) is 35.8 Å². The summed E-state index contributed by atoms with van der Waals surface area (Å²) in [5.41, 5.74) is 9.65. The molecule has 3 unspecified atom stereocenters. The predicted octanol–water partition coefficient (Wildman–Crippen LogP) is -1.06. The lowest BCUT2D eigenvalue weighted by Gasteiger charge is -2.31. The molecular formula is C24H26FN10O9P. The molecule has 0 radical (unpaired) electrons. The first-order valence-electron chi connectivity index (χ1n) is 13.5. The van der Waals surface area contributed by atoms with Crippen LogP contribution in [-0.4, -0.2) is 97.3 Å². The Morgan fingerprint density at radius 1 is 1.09 bits per heavy atom. The summed E-state index contributed by atoms with van der Waals surface area (Å²) in [4.78, 5) is 45.8. The maximum Gasteiger partial charge on any atom is 0.330 e. The fourth-order valence-corrected chi connectivity index (χ4v) is 6.65. The van der Waals surface area contributed by atoms with Crippen LogP contribution in [0.1, 0.15) is 25.3 Å². The molecule has 3 aliphatic heterocycles. The zero-order chi connectivity index (χ0) is 31.6. The third kappa shape index (κ3) is 4.89. The number of nitrogens with two attached hydrogens (primary N) is 2. The lowest BCUT2D eigenvalue weighted by atomic mass is 9.83. The molecule has 0 aromatic carbocycles. The zero-order valence-corrected chi connectivity index (χ0v) is 23.8. The van der Waals surface area contributed by atoms with Crippen molar-refractivity contribution in [2.45, 2.75) is 61.9 Å². The number of anilines is 2. The molecule has 238 valence electrons. The van der Waals surface area contributed by atoms with Crippen LogP contribution in [0.3, 0.4) is 0 Å². The van der Waals surface area contributed by atoms with E-state index in [1.165, 1.54) is 21.8 Å². The minimum Gasteiger partial charge on any atom is -0.388 e. The van der Waals surface area contributed by atoms with Crippen LogP contribution < -0.4 is 17.0 Å². The van der Waals surface area contributed by atoms with E-state index in [4.69, 9.17) is 41.1 Å². The van der Waals surface area contributed by atoms with Gasteiger partial charge >= 0.3 is 8.60 Å². The fourth-order valence-electron chi connectivity index (χ4n) is 5.86. The Morgan fingerprint density at radius 2 is 1.84 bits per heavy atom. The lowest BCUT2D eigenvalue weighted by Crippen LogP contribution is -2.41. The number of aromatic amines is 1. The Morgan fingerprint density at radius 3 is 2.62 bits per heavy atom. The highest BCUT2D eigenvalue weighted by Crippen LogP contribution is 2.50. The summed E-state index contributed by atoms with van der Waals surface area (Å²) >= 11 is 0. The molecule has 4 aromatic rings. The van der Waals surface area contributed by atoms with Crippen molar-refractivity contribution in [1.29, 1.82) is 0 Å². The first-order valence-corrected chi connectivity index (χ1v) is 14.6. The quantitative estimate of drug-likeness (QED) is 0.112. The minimum absolute atomic E-state index is 0.00494. The SMILES string of the molecule is C#C[C@@]12COP(O)O[C@H]3[C@H](n4cnc5c(=O)[nH]c(N)nc54)OC(OC(O)CC[C@H]1[C@@H](O)[C@H](n1cnc4c(N)ncnc41)O2)[C@@H]3F.